The number of nitrogens with one attached hydrogen (secondary N) is 1. The van der Waals surface area contributed by atoms with Crippen LogP contribution in [0.1, 0.15) is 13.3 Å². The number of carbonyl (C=O) groups is 2. The lowest BCUT2D eigenvalue weighted by Crippen LogP contribution is -2.36. The maximum atomic E-state index is 11.5. The van der Waals surface area contributed by atoms with Crippen LogP contribution < -0.4 is 5.32 Å². The summed E-state index contributed by atoms with van der Waals surface area (Å²) < 4.78 is 0. The van der Waals surface area contributed by atoms with E-state index in [1.165, 1.54) is 0 Å². The first-order chi connectivity index (χ1) is 6.56. The van der Waals surface area contributed by atoms with Crippen molar-refractivity contribution in [1.29, 1.82) is 0 Å². The van der Waals surface area contributed by atoms with E-state index < -0.39 is 0 Å². The van der Waals surface area contributed by atoms with E-state index in [0.29, 0.717) is 13.1 Å². The van der Waals surface area contributed by atoms with Gasteiger partial charge in [0.05, 0.1) is 10.7 Å². The number of nitrogens with zero attached hydrogens (tertiary/aromatic N) is 1. The highest BCUT2D eigenvalue weighted by atomic mass is 79.9. The molecule has 0 aromatic carbocycles. The fourth-order valence-corrected chi connectivity index (χ4v) is 1.92. The molecule has 2 atom stereocenters. The Morgan fingerprint density at radius 2 is 2.21 bits per heavy atom. The smallest absolute Gasteiger partial charge is 0.236 e. The predicted octanol–water partition coefficient (Wildman–Crippen LogP) is 0.364. The lowest BCUT2D eigenvalue weighted by molar-refractivity contribution is -0.129. The van der Waals surface area contributed by atoms with Crippen molar-refractivity contribution in [3.8, 4) is 0 Å². The maximum Gasteiger partial charge on any atom is 0.236 e. The standard InChI is InChI=1S/C9H15BrN2O2/c1-6(10)9(14)12-4-3-7(5-12)8(13)11-2/h6-7H,3-5H2,1-2H3,(H,11,13)/t6-,7-/m0/s1. The third-order valence-corrected chi connectivity index (χ3v) is 2.85. The first kappa shape index (κ1) is 11.5. The Labute approximate surface area is 92.2 Å². The monoisotopic (exact) mass is 262 g/mol. The van der Waals surface area contributed by atoms with E-state index in [4.69, 9.17) is 0 Å². The molecule has 0 aromatic heterocycles. The largest absolute Gasteiger partial charge is 0.359 e. The second kappa shape index (κ2) is 4.77. The number of alkyl halides is 1. The minimum Gasteiger partial charge on any atom is -0.359 e. The number of hydrogen-bond acceptors (Lipinski definition) is 2. The maximum absolute atomic E-state index is 11.5. The Bertz CT molecular complexity index is 243. The molecule has 1 aliphatic rings. The van der Waals surface area contributed by atoms with Crippen molar-refractivity contribution in [2.75, 3.05) is 20.1 Å². The molecule has 1 rings (SSSR count). The lowest BCUT2D eigenvalue weighted by atomic mass is 10.1. The van der Waals surface area contributed by atoms with Crippen LogP contribution >= 0.6 is 15.9 Å². The molecule has 0 saturated carbocycles. The summed E-state index contributed by atoms with van der Waals surface area (Å²) >= 11 is 3.23. The molecule has 80 valence electrons. The highest BCUT2D eigenvalue weighted by Crippen LogP contribution is 2.18. The third kappa shape index (κ3) is 2.47. The number of hydrogen-bond donors (Lipinski definition) is 1. The summed E-state index contributed by atoms with van der Waals surface area (Å²) in [5.74, 6) is 0.0640. The SMILES string of the molecule is CNC(=O)[C@H]1CCN(C(=O)[C@H](C)Br)C1. The van der Waals surface area contributed by atoms with Crippen LogP contribution in [0.15, 0.2) is 0 Å². The molecule has 4 nitrogen and oxygen atoms in total. The Balaban J connectivity index is 2.49. The average Bonchev–Trinajstić information content (AvgIpc) is 2.64. The van der Waals surface area contributed by atoms with Crippen molar-refractivity contribution in [2.24, 2.45) is 5.92 Å². The van der Waals surface area contributed by atoms with E-state index in [0.717, 1.165) is 6.42 Å². The molecule has 2 amide bonds. The molecule has 0 bridgehead atoms. The molecular formula is C9H15BrN2O2. The minimum atomic E-state index is -0.161. The highest BCUT2D eigenvalue weighted by Gasteiger charge is 2.31. The van der Waals surface area contributed by atoms with Crippen LogP contribution in [0.2, 0.25) is 0 Å². The van der Waals surface area contributed by atoms with Gasteiger partial charge in [0.1, 0.15) is 0 Å². The second-order valence-corrected chi connectivity index (χ2v) is 4.87. The molecule has 1 heterocycles. The summed E-state index contributed by atoms with van der Waals surface area (Å²) in [4.78, 5) is 24.4. The summed E-state index contributed by atoms with van der Waals surface area (Å²) in [6, 6.07) is 0. The van der Waals surface area contributed by atoms with Crippen LogP contribution in [0.3, 0.4) is 0 Å². The van der Waals surface area contributed by atoms with Crippen LogP contribution in [0.25, 0.3) is 0 Å². The van der Waals surface area contributed by atoms with Gasteiger partial charge in [0.15, 0.2) is 0 Å². The van der Waals surface area contributed by atoms with E-state index in [-0.39, 0.29) is 22.6 Å². The molecule has 0 aliphatic carbocycles. The summed E-state index contributed by atoms with van der Waals surface area (Å²) in [5.41, 5.74) is 0. The van der Waals surface area contributed by atoms with Gasteiger partial charge >= 0.3 is 0 Å². The molecule has 0 spiro atoms. The van der Waals surface area contributed by atoms with Crippen molar-refractivity contribution in [3.05, 3.63) is 0 Å². The minimum absolute atomic E-state index is 0.0301. The van der Waals surface area contributed by atoms with Crippen LogP contribution in [0, 0.1) is 5.92 Å². The van der Waals surface area contributed by atoms with E-state index in [1.807, 2.05) is 0 Å². The molecular weight excluding hydrogens is 248 g/mol. The van der Waals surface area contributed by atoms with Gasteiger partial charge in [0, 0.05) is 20.1 Å². The van der Waals surface area contributed by atoms with Gasteiger partial charge in [0.2, 0.25) is 11.8 Å². The Morgan fingerprint density at radius 1 is 1.57 bits per heavy atom. The van der Waals surface area contributed by atoms with Gasteiger partial charge in [-0.05, 0) is 13.3 Å². The number of rotatable bonds is 2. The Morgan fingerprint density at radius 3 is 2.71 bits per heavy atom. The fraction of sp³-hybridized carbons (Fsp3) is 0.778. The van der Waals surface area contributed by atoms with E-state index in [1.54, 1.807) is 18.9 Å². The van der Waals surface area contributed by atoms with Crippen LogP contribution in [-0.4, -0.2) is 41.7 Å². The zero-order chi connectivity index (χ0) is 10.7. The Hall–Kier alpha value is -0.580. The molecule has 1 aliphatic heterocycles. The van der Waals surface area contributed by atoms with E-state index in [2.05, 4.69) is 21.2 Å². The molecule has 0 aromatic rings. The Kier molecular flexibility index (Phi) is 3.92. The lowest BCUT2D eigenvalue weighted by Gasteiger charge is -2.17. The second-order valence-electron chi connectivity index (χ2n) is 3.50. The van der Waals surface area contributed by atoms with Gasteiger partial charge in [-0.3, -0.25) is 9.59 Å². The third-order valence-electron chi connectivity index (χ3n) is 2.46. The summed E-state index contributed by atoms with van der Waals surface area (Å²) in [6.45, 7) is 3.04. The molecule has 5 heteroatoms. The van der Waals surface area contributed by atoms with Gasteiger partial charge in [-0.25, -0.2) is 0 Å². The van der Waals surface area contributed by atoms with Crippen molar-refractivity contribution < 1.29 is 9.59 Å². The number of amides is 2. The van der Waals surface area contributed by atoms with E-state index >= 15 is 0 Å². The summed E-state index contributed by atoms with van der Waals surface area (Å²) in [7, 11) is 1.62. The van der Waals surface area contributed by atoms with Crippen molar-refractivity contribution in [1.82, 2.24) is 10.2 Å². The molecule has 0 radical (unpaired) electrons. The zero-order valence-electron chi connectivity index (χ0n) is 8.42. The topological polar surface area (TPSA) is 49.4 Å². The highest BCUT2D eigenvalue weighted by molar-refractivity contribution is 9.10. The van der Waals surface area contributed by atoms with Gasteiger partial charge in [-0.2, -0.15) is 0 Å². The van der Waals surface area contributed by atoms with Crippen molar-refractivity contribution in [2.45, 2.75) is 18.2 Å². The molecule has 14 heavy (non-hydrogen) atoms. The van der Waals surface area contributed by atoms with Crippen LogP contribution in [-0.2, 0) is 9.59 Å². The molecule has 1 fully saturated rings. The molecule has 1 N–H and O–H groups in total. The van der Waals surface area contributed by atoms with Crippen molar-refractivity contribution in [3.63, 3.8) is 0 Å². The number of likely N-dealkylation sites (tertiary alicyclic amines) is 1. The van der Waals surface area contributed by atoms with Crippen molar-refractivity contribution >= 4 is 27.7 Å². The molecule has 1 saturated heterocycles. The first-order valence-electron chi connectivity index (χ1n) is 4.70. The van der Waals surface area contributed by atoms with Gasteiger partial charge in [-0.15, -0.1) is 0 Å². The van der Waals surface area contributed by atoms with Gasteiger partial charge < -0.3 is 10.2 Å². The quantitative estimate of drug-likeness (QED) is 0.731. The molecule has 0 unspecified atom stereocenters. The fourth-order valence-electron chi connectivity index (χ4n) is 1.63. The number of halogens is 1. The first-order valence-corrected chi connectivity index (χ1v) is 5.62. The summed E-state index contributed by atoms with van der Waals surface area (Å²) in [5, 5.41) is 2.61. The van der Waals surface area contributed by atoms with Gasteiger partial charge in [-0.1, -0.05) is 15.9 Å². The zero-order valence-corrected chi connectivity index (χ0v) is 10.0. The summed E-state index contributed by atoms with van der Waals surface area (Å²) in [6.07, 6.45) is 0.769. The van der Waals surface area contributed by atoms with Gasteiger partial charge in [0.25, 0.3) is 0 Å². The normalized spacial score (nSPS) is 23.4. The number of carbonyl (C=O) groups excluding carboxylic acids is 2. The average molecular weight is 263 g/mol. The van der Waals surface area contributed by atoms with E-state index in [9.17, 15) is 9.59 Å². The predicted molar refractivity (Wildman–Crippen MR) is 57.1 cm³/mol. The van der Waals surface area contributed by atoms with Crippen LogP contribution in [0.4, 0.5) is 0 Å². The van der Waals surface area contributed by atoms with Crippen LogP contribution in [0.5, 0.6) is 0 Å².